The number of hydrogen-bond donors (Lipinski definition) is 2. The fourth-order valence-corrected chi connectivity index (χ4v) is 4.90. The second kappa shape index (κ2) is 7.32. The van der Waals surface area contributed by atoms with Gasteiger partial charge in [0.05, 0.1) is 21.7 Å². The maximum atomic E-state index is 12.3. The lowest BCUT2D eigenvalue weighted by Gasteiger charge is -2.33. The lowest BCUT2D eigenvalue weighted by atomic mass is 10.1. The van der Waals surface area contributed by atoms with Gasteiger partial charge in [0, 0.05) is 25.7 Å². The van der Waals surface area contributed by atoms with Crippen LogP contribution < -0.4 is 10.2 Å². The van der Waals surface area contributed by atoms with Crippen molar-refractivity contribution in [3.05, 3.63) is 54.1 Å². The SMILES string of the molecule is CCCS(=O)(=O)c1ccc2nc(N3CCNC(c4ccccc4)C3)[nH]c2c1. The molecule has 0 radical (unpaired) electrons. The Morgan fingerprint density at radius 3 is 2.78 bits per heavy atom. The van der Waals surface area contributed by atoms with E-state index in [1.807, 2.05) is 13.0 Å². The molecule has 4 rings (SSSR count). The van der Waals surface area contributed by atoms with E-state index in [0.29, 0.717) is 11.3 Å². The van der Waals surface area contributed by atoms with Crippen LogP contribution in [0, 0.1) is 0 Å². The predicted octanol–water partition coefficient (Wildman–Crippen LogP) is 2.90. The molecule has 0 saturated carbocycles. The molecule has 2 aromatic carbocycles. The first-order chi connectivity index (χ1) is 13.1. The van der Waals surface area contributed by atoms with Gasteiger partial charge in [0.25, 0.3) is 0 Å². The molecule has 2 heterocycles. The summed E-state index contributed by atoms with van der Waals surface area (Å²) in [6, 6.07) is 15.8. The Balaban J connectivity index is 1.60. The zero-order valence-corrected chi connectivity index (χ0v) is 16.2. The van der Waals surface area contributed by atoms with Crippen molar-refractivity contribution < 1.29 is 8.42 Å². The van der Waals surface area contributed by atoms with E-state index in [2.05, 4.69) is 44.5 Å². The molecule has 2 N–H and O–H groups in total. The Hall–Kier alpha value is -2.38. The zero-order valence-electron chi connectivity index (χ0n) is 15.4. The fraction of sp³-hybridized carbons (Fsp3) is 0.350. The topological polar surface area (TPSA) is 78.1 Å². The first-order valence-corrected chi connectivity index (χ1v) is 11.0. The summed E-state index contributed by atoms with van der Waals surface area (Å²) in [5.41, 5.74) is 2.80. The normalized spacial score (nSPS) is 18.1. The summed E-state index contributed by atoms with van der Waals surface area (Å²) in [6.07, 6.45) is 0.607. The number of H-pyrrole nitrogens is 1. The third-order valence-electron chi connectivity index (χ3n) is 4.95. The maximum absolute atomic E-state index is 12.3. The molecule has 0 spiro atoms. The average Bonchev–Trinajstić information content (AvgIpc) is 3.12. The van der Waals surface area contributed by atoms with Crippen LogP contribution in [0.4, 0.5) is 5.95 Å². The molecule has 1 atom stereocenters. The highest BCUT2D eigenvalue weighted by atomic mass is 32.2. The van der Waals surface area contributed by atoms with E-state index in [0.717, 1.165) is 36.6 Å². The third kappa shape index (κ3) is 3.70. The molecule has 0 bridgehead atoms. The van der Waals surface area contributed by atoms with Crippen LogP contribution in [0.5, 0.6) is 0 Å². The number of rotatable bonds is 5. The molecule has 1 aliphatic rings. The monoisotopic (exact) mass is 384 g/mol. The van der Waals surface area contributed by atoms with Crippen molar-refractivity contribution in [2.75, 3.05) is 30.3 Å². The third-order valence-corrected chi connectivity index (χ3v) is 6.87. The van der Waals surface area contributed by atoms with E-state index < -0.39 is 9.84 Å². The van der Waals surface area contributed by atoms with Crippen molar-refractivity contribution >= 4 is 26.8 Å². The van der Waals surface area contributed by atoms with Crippen LogP contribution in [-0.2, 0) is 9.84 Å². The molecular weight excluding hydrogens is 360 g/mol. The Kier molecular flexibility index (Phi) is 4.88. The number of aromatic nitrogens is 2. The number of benzene rings is 2. The molecule has 142 valence electrons. The number of sulfone groups is 1. The van der Waals surface area contributed by atoms with Crippen molar-refractivity contribution in [1.29, 1.82) is 0 Å². The van der Waals surface area contributed by atoms with Gasteiger partial charge in [-0.25, -0.2) is 13.4 Å². The molecular formula is C20H24N4O2S. The Labute approximate surface area is 159 Å². The van der Waals surface area contributed by atoms with Crippen LogP contribution in [0.2, 0.25) is 0 Å². The first-order valence-electron chi connectivity index (χ1n) is 9.32. The summed E-state index contributed by atoms with van der Waals surface area (Å²) in [7, 11) is -3.23. The molecule has 3 aromatic rings. The van der Waals surface area contributed by atoms with Crippen LogP contribution in [0.3, 0.4) is 0 Å². The maximum Gasteiger partial charge on any atom is 0.203 e. The van der Waals surface area contributed by atoms with Crippen molar-refractivity contribution in [3.63, 3.8) is 0 Å². The number of piperazine rings is 1. The van der Waals surface area contributed by atoms with Crippen molar-refractivity contribution in [2.24, 2.45) is 0 Å². The number of hydrogen-bond acceptors (Lipinski definition) is 5. The van der Waals surface area contributed by atoms with Gasteiger partial charge in [-0.15, -0.1) is 0 Å². The van der Waals surface area contributed by atoms with E-state index in [1.165, 1.54) is 5.56 Å². The van der Waals surface area contributed by atoms with Gasteiger partial charge in [-0.3, -0.25) is 0 Å². The summed E-state index contributed by atoms with van der Waals surface area (Å²) >= 11 is 0. The predicted molar refractivity (Wildman–Crippen MR) is 108 cm³/mol. The quantitative estimate of drug-likeness (QED) is 0.707. The summed E-state index contributed by atoms with van der Waals surface area (Å²) < 4.78 is 24.7. The van der Waals surface area contributed by atoms with E-state index in [-0.39, 0.29) is 11.8 Å². The molecule has 7 heteroatoms. The highest BCUT2D eigenvalue weighted by Crippen LogP contribution is 2.25. The summed E-state index contributed by atoms with van der Waals surface area (Å²) in [5.74, 6) is 0.952. The van der Waals surface area contributed by atoms with Crippen molar-refractivity contribution in [3.8, 4) is 0 Å². The lowest BCUT2D eigenvalue weighted by Crippen LogP contribution is -2.46. The van der Waals surface area contributed by atoms with E-state index in [1.54, 1.807) is 18.2 Å². The molecule has 1 aliphatic heterocycles. The second-order valence-electron chi connectivity index (χ2n) is 6.92. The molecule has 0 amide bonds. The number of nitrogens with zero attached hydrogens (tertiary/aromatic N) is 2. The Bertz CT molecular complexity index is 1030. The molecule has 1 saturated heterocycles. The number of imidazole rings is 1. The van der Waals surface area contributed by atoms with Gasteiger partial charge in [0.15, 0.2) is 9.84 Å². The van der Waals surface area contributed by atoms with E-state index in [9.17, 15) is 8.42 Å². The molecule has 1 aromatic heterocycles. The van der Waals surface area contributed by atoms with Crippen LogP contribution in [0.25, 0.3) is 11.0 Å². The van der Waals surface area contributed by atoms with Gasteiger partial charge in [-0.05, 0) is 30.2 Å². The zero-order chi connectivity index (χ0) is 18.9. The summed E-state index contributed by atoms with van der Waals surface area (Å²) in [6.45, 7) is 4.40. The van der Waals surface area contributed by atoms with Gasteiger partial charge in [-0.2, -0.15) is 0 Å². The lowest BCUT2D eigenvalue weighted by molar-refractivity contribution is 0.468. The minimum Gasteiger partial charge on any atom is -0.339 e. The van der Waals surface area contributed by atoms with Crippen LogP contribution in [0.15, 0.2) is 53.4 Å². The molecule has 1 fully saturated rings. The van der Waals surface area contributed by atoms with Crippen LogP contribution in [0.1, 0.15) is 24.9 Å². The molecule has 27 heavy (non-hydrogen) atoms. The van der Waals surface area contributed by atoms with Gasteiger partial charge >= 0.3 is 0 Å². The highest BCUT2D eigenvalue weighted by molar-refractivity contribution is 7.91. The van der Waals surface area contributed by atoms with Crippen molar-refractivity contribution in [2.45, 2.75) is 24.3 Å². The number of fused-ring (bicyclic) bond motifs is 1. The number of aromatic amines is 1. The van der Waals surface area contributed by atoms with E-state index >= 15 is 0 Å². The molecule has 6 nitrogen and oxygen atoms in total. The standard InChI is InChI=1S/C20H24N4O2S/c1-2-12-27(25,26)16-8-9-17-18(13-16)23-20(22-17)24-11-10-21-19(14-24)15-6-4-3-5-7-15/h3-9,13,19,21H,2,10-12,14H2,1H3,(H,22,23). The summed E-state index contributed by atoms with van der Waals surface area (Å²) in [5, 5.41) is 3.55. The van der Waals surface area contributed by atoms with Gasteiger partial charge < -0.3 is 15.2 Å². The van der Waals surface area contributed by atoms with Crippen LogP contribution >= 0.6 is 0 Å². The minimum atomic E-state index is -3.23. The molecule has 1 unspecified atom stereocenters. The number of nitrogens with one attached hydrogen (secondary N) is 2. The highest BCUT2D eigenvalue weighted by Gasteiger charge is 2.23. The van der Waals surface area contributed by atoms with Gasteiger partial charge in [0.1, 0.15) is 0 Å². The first kappa shape index (κ1) is 18.0. The average molecular weight is 385 g/mol. The Morgan fingerprint density at radius 1 is 1.19 bits per heavy atom. The Morgan fingerprint density at radius 2 is 2.00 bits per heavy atom. The fourth-order valence-electron chi connectivity index (χ4n) is 3.56. The smallest absolute Gasteiger partial charge is 0.203 e. The van der Waals surface area contributed by atoms with Gasteiger partial charge in [0.2, 0.25) is 5.95 Å². The number of anilines is 1. The molecule has 0 aliphatic carbocycles. The van der Waals surface area contributed by atoms with Gasteiger partial charge in [-0.1, -0.05) is 37.3 Å². The summed E-state index contributed by atoms with van der Waals surface area (Å²) in [4.78, 5) is 10.6. The van der Waals surface area contributed by atoms with E-state index in [4.69, 9.17) is 0 Å². The van der Waals surface area contributed by atoms with Crippen LogP contribution in [-0.4, -0.2) is 43.8 Å². The largest absolute Gasteiger partial charge is 0.339 e. The second-order valence-corrected chi connectivity index (χ2v) is 9.03. The van der Waals surface area contributed by atoms with Crippen molar-refractivity contribution in [1.82, 2.24) is 15.3 Å². The minimum absolute atomic E-state index is 0.163.